The van der Waals surface area contributed by atoms with Gasteiger partial charge in [0.1, 0.15) is 17.7 Å². The number of H-pyrrole nitrogens is 1. The number of imidazole rings is 1. The Labute approximate surface area is 185 Å². The Morgan fingerprint density at radius 2 is 1.84 bits per heavy atom. The number of pyridine rings is 1. The van der Waals surface area contributed by atoms with E-state index < -0.39 is 0 Å². The normalized spacial score (nSPS) is 14.3. The van der Waals surface area contributed by atoms with Gasteiger partial charge in [0, 0.05) is 36.5 Å². The van der Waals surface area contributed by atoms with E-state index in [-0.39, 0.29) is 11.8 Å². The number of hydrogen-bond acceptors (Lipinski definition) is 5. The van der Waals surface area contributed by atoms with Crippen LogP contribution in [0.25, 0.3) is 22.4 Å². The number of piperidine rings is 1. The molecule has 158 valence electrons. The molecule has 32 heavy (non-hydrogen) atoms. The molecular weight excluding hydrogens is 400 g/mol. The highest BCUT2D eigenvalue weighted by Gasteiger charge is 2.25. The lowest BCUT2D eigenvalue weighted by atomic mass is 9.95. The lowest BCUT2D eigenvalue weighted by molar-refractivity contribution is -0.120. The van der Waals surface area contributed by atoms with E-state index in [1.165, 1.54) is 0 Å². The number of para-hydroxylation sites is 2. The van der Waals surface area contributed by atoms with Crippen LogP contribution in [0.3, 0.4) is 0 Å². The first kappa shape index (κ1) is 19.8. The minimum atomic E-state index is -0.0281. The van der Waals surface area contributed by atoms with Crippen LogP contribution in [0, 0.1) is 17.2 Å². The summed E-state index contributed by atoms with van der Waals surface area (Å²) in [5, 5.41) is 12.0. The number of amides is 1. The number of aromatic nitrogens is 3. The minimum Gasteiger partial charge on any atom is -0.357 e. The second kappa shape index (κ2) is 8.52. The smallest absolute Gasteiger partial charge is 0.227 e. The van der Waals surface area contributed by atoms with Gasteiger partial charge < -0.3 is 15.2 Å². The molecule has 0 bridgehead atoms. The molecule has 3 heterocycles. The maximum absolute atomic E-state index is 12.8. The number of nitrogens with one attached hydrogen (secondary N) is 2. The van der Waals surface area contributed by atoms with Crippen molar-refractivity contribution in [2.45, 2.75) is 12.8 Å². The minimum absolute atomic E-state index is 0.0281. The van der Waals surface area contributed by atoms with E-state index in [2.05, 4.69) is 31.2 Å². The Balaban J connectivity index is 1.18. The van der Waals surface area contributed by atoms with Crippen molar-refractivity contribution in [3.63, 3.8) is 0 Å². The van der Waals surface area contributed by atoms with Gasteiger partial charge in [0.25, 0.3) is 0 Å². The molecule has 4 aromatic rings. The maximum Gasteiger partial charge on any atom is 0.227 e. The molecule has 0 radical (unpaired) electrons. The average molecular weight is 422 g/mol. The molecular formula is C25H22N6O. The van der Waals surface area contributed by atoms with Gasteiger partial charge in [-0.1, -0.05) is 12.1 Å². The third kappa shape index (κ3) is 4.03. The van der Waals surface area contributed by atoms with Gasteiger partial charge in [-0.2, -0.15) is 5.26 Å². The van der Waals surface area contributed by atoms with Crippen LogP contribution in [0.4, 0.5) is 11.5 Å². The molecule has 2 N–H and O–H groups in total. The molecule has 1 fully saturated rings. The third-order valence-corrected chi connectivity index (χ3v) is 5.88. The molecule has 5 rings (SSSR count). The first-order valence-corrected chi connectivity index (χ1v) is 10.7. The van der Waals surface area contributed by atoms with E-state index in [0.29, 0.717) is 5.56 Å². The summed E-state index contributed by atoms with van der Waals surface area (Å²) in [5.74, 6) is 1.69. The van der Waals surface area contributed by atoms with Gasteiger partial charge in [0.15, 0.2) is 0 Å². The summed E-state index contributed by atoms with van der Waals surface area (Å²) in [7, 11) is 0. The lowest BCUT2D eigenvalue weighted by Gasteiger charge is -2.32. The lowest BCUT2D eigenvalue weighted by Crippen LogP contribution is -2.38. The Morgan fingerprint density at radius 1 is 1.06 bits per heavy atom. The molecule has 7 nitrogen and oxygen atoms in total. The average Bonchev–Trinajstić information content (AvgIpc) is 3.29. The van der Waals surface area contributed by atoms with Crippen LogP contribution >= 0.6 is 0 Å². The van der Waals surface area contributed by atoms with Crippen LogP contribution in [0.5, 0.6) is 0 Å². The van der Waals surface area contributed by atoms with Crippen molar-refractivity contribution < 1.29 is 4.79 Å². The van der Waals surface area contributed by atoms with Crippen molar-refractivity contribution in [3.8, 4) is 17.5 Å². The maximum atomic E-state index is 12.8. The van der Waals surface area contributed by atoms with Crippen LogP contribution < -0.4 is 10.2 Å². The Hall–Kier alpha value is -4.18. The van der Waals surface area contributed by atoms with Crippen molar-refractivity contribution in [2.75, 3.05) is 23.3 Å². The van der Waals surface area contributed by atoms with Crippen molar-refractivity contribution in [2.24, 2.45) is 5.92 Å². The zero-order valence-corrected chi connectivity index (χ0v) is 17.5. The van der Waals surface area contributed by atoms with E-state index in [0.717, 1.165) is 59.9 Å². The predicted molar refractivity (Wildman–Crippen MR) is 124 cm³/mol. The highest BCUT2D eigenvalue weighted by Crippen LogP contribution is 2.25. The fraction of sp³-hybridized carbons (Fsp3) is 0.200. The van der Waals surface area contributed by atoms with E-state index in [1.54, 1.807) is 12.3 Å². The van der Waals surface area contributed by atoms with E-state index in [9.17, 15) is 4.79 Å². The van der Waals surface area contributed by atoms with E-state index in [1.807, 2.05) is 54.6 Å². The molecule has 1 aliphatic rings. The summed E-state index contributed by atoms with van der Waals surface area (Å²) in [4.78, 5) is 27.2. The Kier molecular flexibility index (Phi) is 5.26. The molecule has 7 heteroatoms. The summed E-state index contributed by atoms with van der Waals surface area (Å²) in [6, 6.07) is 21.4. The van der Waals surface area contributed by atoms with Crippen LogP contribution in [-0.2, 0) is 4.79 Å². The first-order valence-electron chi connectivity index (χ1n) is 10.7. The summed E-state index contributed by atoms with van der Waals surface area (Å²) in [6.07, 6.45) is 3.12. The van der Waals surface area contributed by atoms with E-state index >= 15 is 0 Å². The molecule has 2 aromatic heterocycles. The second-order valence-electron chi connectivity index (χ2n) is 7.95. The van der Waals surface area contributed by atoms with Gasteiger partial charge >= 0.3 is 0 Å². The van der Waals surface area contributed by atoms with Crippen LogP contribution in [0.2, 0.25) is 0 Å². The summed E-state index contributed by atoms with van der Waals surface area (Å²) >= 11 is 0. The van der Waals surface area contributed by atoms with Crippen molar-refractivity contribution in [1.29, 1.82) is 5.26 Å². The number of carbonyl (C=O) groups is 1. The Morgan fingerprint density at radius 3 is 2.53 bits per heavy atom. The van der Waals surface area contributed by atoms with Crippen molar-refractivity contribution in [1.82, 2.24) is 15.0 Å². The fourth-order valence-electron chi connectivity index (χ4n) is 4.06. The van der Waals surface area contributed by atoms with Crippen LogP contribution in [-0.4, -0.2) is 33.9 Å². The molecule has 0 saturated carbocycles. The number of rotatable bonds is 4. The number of aromatic amines is 1. The zero-order valence-electron chi connectivity index (χ0n) is 17.5. The number of fused-ring (bicyclic) bond motifs is 1. The quantitative estimate of drug-likeness (QED) is 0.509. The molecule has 1 amide bonds. The first-order chi connectivity index (χ1) is 15.7. The van der Waals surface area contributed by atoms with Gasteiger partial charge in [-0.3, -0.25) is 4.79 Å². The fourth-order valence-corrected chi connectivity index (χ4v) is 4.06. The summed E-state index contributed by atoms with van der Waals surface area (Å²) < 4.78 is 0. The molecule has 0 unspecified atom stereocenters. The van der Waals surface area contributed by atoms with Gasteiger partial charge in [-0.25, -0.2) is 9.97 Å². The molecule has 0 aliphatic carbocycles. The number of anilines is 2. The molecule has 2 aromatic carbocycles. The zero-order chi connectivity index (χ0) is 21.9. The molecule has 0 atom stereocenters. The summed E-state index contributed by atoms with van der Waals surface area (Å²) in [5.41, 5.74) is 4.24. The summed E-state index contributed by atoms with van der Waals surface area (Å²) in [6.45, 7) is 1.53. The standard InChI is InChI=1S/C25H22N6O/c26-15-17-5-10-23(27-16-17)31-13-11-19(12-14-31)25(32)28-20-8-6-18(7-9-20)24-29-21-3-1-2-4-22(21)30-24/h1-10,16,19H,11-14H2,(H,28,32)(H,29,30). The van der Waals surface area contributed by atoms with Gasteiger partial charge in [0.05, 0.1) is 16.6 Å². The van der Waals surface area contributed by atoms with E-state index in [4.69, 9.17) is 5.26 Å². The van der Waals surface area contributed by atoms with Crippen LogP contribution in [0.15, 0.2) is 66.9 Å². The van der Waals surface area contributed by atoms with Gasteiger partial charge in [-0.15, -0.1) is 0 Å². The second-order valence-corrected chi connectivity index (χ2v) is 7.95. The largest absolute Gasteiger partial charge is 0.357 e. The molecule has 0 spiro atoms. The van der Waals surface area contributed by atoms with Crippen molar-refractivity contribution in [3.05, 3.63) is 72.4 Å². The van der Waals surface area contributed by atoms with Crippen LogP contribution in [0.1, 0.15) is 18.4 Å². The van der Waals surface area contributed by atoms with Gasteiger partial charge in [-0.05, 0) is 61.4 Å². The third-order valence-electron chi connectivity index (χ3n) is 5.88. The monoisotopic (exact) mass is 422 g/mol. The highest BCUT2D eigenvalue weighted by atomic mass is 16.1. The highest BCUT2D eigenvalue weighted by molar-refractivity contribution is 5.93. The number of hydrogen-bond donors (Lipinski definition) is 2. The number of nitriles is 1. The molecule has 1 aliphatic heterocycles. The number of nitrogens with zero attached hydrogens (tertiary/aromatic N) is 4. The van der Waals surface area contributed by atoms with Gasteiger partial charge in [0.2, 0.25) is 5.91 Å². The SMILES string of the molecule is N#Cc1ccc(N2CCC(C(=O)Nc3ccc(-c4nc5ccccc5[nH]4)cc3)CC2)nc1. The Bertz CT molecular complexity index is 1250. The van der Waals surface area contributed by atoms with Crippen molar-refractivity contribution >= 4 is 28.4 Å². The predicted octanol–water partition coefficient (Wildman–Crippen LogP) is 4.35. The number of benzene rings is 2. The topological polar surface area (TPSA) is 97.7 Å². The number of carbonyl (C=O) groups excluding carboxylic acids is 1. The molecule has 1 saturated heterocycles.